The first-order valence-electron chi connectivity index (χ1n) is 6.66. The fourth-order valence-corrected chi connectivity index (χ4v) is 2.18. The van der Waals surface area contributed by atoms with E-state index in [0.717, 1.165) is 50.4 Å². The summed E-state index contributed by atoms with van der Waals surface area (Å²) in [6, 6.07) is 7.86. The molecule has 1 aliphatic rings. The number of carbonyl (C=O) groups is 1. The second-order valence-electron chi connectivity index (χ2n) is 4.51. The van der Waals surface area contributed by atoms with Gasteiger partial charge in [0.05, 0.1) is 5.56 Å². The molecule has 1 saturated heterocycles. The van der Waals surface area contributed by atoms with Crippen molar-refractivity contribution in [1.29, 1.82) is 0 Å². The number of anilines is 1. The fourth-order valence-electron chi connectivity index (χ4n) is 2.18. The van der Waals surface area contributed by atoms with Gasteiger partial charge in [-0.2, -0.15) is 0 Å². The highest BCUT2D eigenvalue weighted by Gasteiger charge is 2.17. The number of rotatable bonds is 4. The SMILES string of the molecule is CCCNC(=O)c1ccccc1N1CCNCC1. The summed E-state index contributed by atoms with van der Waals surface area (Å²) in [5.41, 5.74) is 1.83. The average molecular weight is 247 g/mol. The van der Waals surface area contributed by atoms with Crippen LogP contribution < -0.4 is 15.5 Å². The van der Waals surface area contributed by atoms with Crippen molar-refractivity contribution in [2.45, 2.75) is 13.3 Å². The average Bonchev–Trinajstić information content (AvgIpc) is 2.45. The van der Waals surface area contributed by atoms with Crippen LogP contribution in [0.4, 0.5) is 5.69 Å². The number of hydrogen-bond donors (Lipinski definition) is 2. The van der Waals surface area contributed by atoms with Crippen LogP contribution in [0.2, 0.25) is 0 Å². The molecule has 4 heteroatoms. The van der Waals surface area contributed by atoms with Crippen LogP contribution >= 0.6 is 0 Å². The molecule has 98 valence electrons. The van der Waals surface area contributed by atoms with Crippen molar-refractivity contribution in [3.05, 3.63) is 29.8 Å². The summed E-state index contributed by atoms with van der Waals surface area (Å²) >= 11 is 0. The molecule has 1 heterocycles. The second-order valence-corrected chi connectivity index (χ2v) is 4.51. The fraction of sp³-hybridized carbons (Fsp3) is 0.500. The molecule has 0 unspecified atom stereocenters. The van der Waals surface area contributed by atoms with Crippen molar-refractivity contribution < 1.29 is 4.79 Å². The highest BCUT2D eigenvalue weighted by atomic mass is 16.1. The molecule has 1 aromatic rings. The molecule has 1 aromatic carbocycles. The van der Waals surface area contributed by atoms with Gasteiger partial charge in [0.1, 0.15) is 0 Å². The quantitative estimate of drug-likeness (QED) is 0.841. The lowest BCUT2D eigenvalue weighted by atomic mass is 10.1. The van der Waals surface area contributed by atoms with Gasteiger partial charge in [0.2, 0.25) is 0 Å². The first-order chi connectivity index (χ1) is 8.83. The highest BCUT2D eigenvalue weighted by molar-refractivity contribution is 5.99. The Bertz CT molecular complexity index is 400. The Balaban J connectivity index is 2.16. The van der Waals surface area contributed by atoms with Crippen molar-refractivity contribution in [3.8, 4) is 0 Å². The molecule has 18 heavy (non-hydrogen) atoms. The van der Waals surface area contributed by atoms with E-state index in [9.17, 15) is 4.79 Å². The summed E-state index contributed by atoms with van der Waals surface area (Å²) in [7, 11) is 0. The number of carbonyl (C=O) groups excluding carboxylic acids is 1. The van der Waals surface area contributed by atoms with E-state index in [1.165, 1.54) is 0 Å². The smallest absolute Gasteiger partial charge is 0.253 e. The molecule has 1 aliphatic heterocycles. The molecular weight excluding hydrogens is 226 g/mol. The maximum absolute atomic E-state index is 12.1. The van der Waals surface area contributed by atoms with Crippen LogP contribution in [0.1, 0.15) is 23.7 Å². The first kappa shape index (κ1) is 12.9. The Morgan fingerprint density at radius 2 is 2.06 bits per heavy atom. The van der Waals surface area contributed by atoms with Gasteiger partial charge in [-0.1, -0.05) is 19.1 Å². The Labute approximate surface area is 108 Å². The molecule has 0 aliphatic carbocycles. The number of nitrogens with one attached hydrogen (secondary N) is 2. The molecule has 0 aromatic heterocycles. The normalized spacial score (nSPS) is 15.5. The van der Waals surface area contributed by atoms with Gasteiger partial charge in [-0.25, -0.2) is 0 Å². The van der Waals surface area contributed by atoms with Crippen LogP contribution in [-0.2, 0) is 0 Å². The summed E-state index contributed by atoms with van der Waals surface area (Å²) < 4.78 is 0. The predicted octanol–water partition coefficient (Wildman–Crippen LogP) is 1.24. The van der Waals surface area contributed by atoms with Crippen LogP contribution in [0, 0.1) is 0 Å². The van der Waals surface area contributed by atoms with Crippen LogP contribution in [0.15, 0.2) is 24.3 Å². The summed E-state index contributed by atoms with van der Waals surface area (Å²) in [5, 5.41) is 6.27. The van der Waals surface area contributed by atoms with Crippen molar-refractivity contribution in [2.75, 3.05) is 37.6 Å². The van der Waals surface area contributed by atoms with Gasteiger partial charge in [-0.15, -0.1) is 0 Å². The molecule has 0 bridgehead atoms. The highest BCUT2D eigenvalue weighted by Crippen LogP contribution is 2.20. The summed E-state index contributed by atoms with van der Waals surface area (Å²) in [6.45, 7) is 6.66. The van der Waals surface area contributed by atoms with Gasteiger partial charge < -0.3 is 15.5 Å². The zero-order chi connectivity index (χ0) is 12.8. The first-order valence-corrected chi connectivity index (χ1v) is 6.66. The van der Waals surface area contributed by atoms with Gasteiger partial charge in [0.25, 0.3) is 5.91 Å². The molecular formula is C14H21N3O. The number of amides is 1. The molecule has 0 saturated carbocycles. The van der Waals surface area contributed by atoms with E-state index >= 15 is 0 Å². The number of hydrogen-bond acceptors (Lipinski definition) is 3. The molecule has 1 fully saturated rings. The van der Waals surface area contributed by atoms with E-state index in [4.69, 9.17) is 0 Å². The third-order valence-corrected chi connectivity index (χ3v) is 3.14. The maximum Gasteiger partial charge on any atom is 0.253 e. The van der Waals surface area contributed by atoms with E-state index in [0.29, 0.717) is 0 Å². The summed E-state index contributed by atoms with van der Waals surface area (Å²) in [6.07, 6.45) is 0.960. The molecule has 4 nitrogen and oxygen atoms in total. The Kier molecular flexibility index (Phi) is 4.59. The minimum atomic E-state index is 0.0333. The van der Waals surface area contributed by atoms with E-state index in [2.05, 4.69) is 22.5 Å². The molecule has 0 radical (unpaired) electrons. The predicted molar refractivity (Wildman–Crippen MR) is 74.1 cm³/mol. The largest absolute Gasteiger partial charge is 0.368 e. The van der Waals surface area contributed by atoms with Crippen LogP contribution in [0.3, 0.4) is 0 Å². The Morgan fingerprint density at radius 3 is 2.78 bits per heavy atom. The number of nitrogens with zero attached hydrogens (tertiary/aromatic N) is 1. The molecule has 2 N–H and O–H groups in total. The third kappa shape index (κ3) is 3.01. The molecule has 1 amide bonds. The Morgan fingerprint density at radius 1 is 1.33 bits per heavy atom. The van der Waals surface area contributed by atoms with Gasteiger partial charge >= 0.3 is 0 Å². The Hall–Kier alpha value is -1.55. The van der Waals surface area contributed by atoms with Crippen LogP contribution in [0.25, 0.3) is 0 Å². The standard InChI is InChI=1S/C14H21N3O/c1-2-7-16-14(18)12-5-3-4-6-13(12)17-10-8-15-9-11-17/h3-6,15H,2,7-11H2,1H3,(H,16,18). The number of piperazine rings is 1. The van der Waals surface area contributed by atoms with Crippen LogP contribution in [0.5, 0.6) is 0 Å². The topological polar surface area (TPSA) is 44.4 Å². The van der Waals surface area contributed by atoms with Gasteiger partial charge in [-0.3, -0.25) is 4.79 Å². The van der Waals surface area contributed by atoms with Gasteiger partial charge in [0, 0.05) is 38.4 Å². The summed E-state index contributed by atoms with van der Waals surface area (Å²) in [4.78, 5) is 14.4. The molecule has 2 rings (SSSR count). The van der Waals surface area contributed by atoms with Gasteiger partial charge in [-0.05, 0) is 18.6 Å². The number of benzene rings is 1. The van der Waals surface area contributed by atoms with Crippen molar-refractivity contribution >= 4 is 11.6 Å². The zero-order valence-corrected chi connectivity index (χ0v) is 10.9. The van der Waals surface area contributed by atoms with Crippen molar-refractivity contribution in [1.82, 2.24) is 10.6 Å². The van der Waals surface area contributed by atoms with E-state index in [1.54, 1.807) is 0 Å². The van der Waals surface area contributed by atoms with Gasteiger partial charge in [0.15, 0.2) is 0 Å². The lowest BCUT2D eigenvalue weighted by Gasteiger charge is -2.30. The number of para-hydroxylation sites is 1. The lowest BCUT2D eigenvalue weighted by molar-refractivity contribution is 0.0954. The van der Waals surface area contributed by atoms with E-state index < -0.39 is 0 Å². The lowest BCUT2D eigenvalue weighted by Crippen LogP contribution is -2.44. The zero-order valence-electron chi connectivity index (χ0n) is 10.9. The third-order valence-electron chi connectivity index (χ3n) is 3.14. The molecule has 0 spiro atoms. The van der Waals surface area contributed by atoms with Crippen LogP contribution in [-0.4, -0.2) is 38.6 Å². The second kappa shape index (κ2) is 6.40. The minimum absolute atomic E-state index is 0.0333. The summed E-state index contributed by atoms with van der Waals surface area (Å²) in [5.74, 6) is 0.0333. The van der Waals surface area contributed by atoms with Crippen molar-refractivity contribution in [2.24, 2.45) is 0 Å². The maximum atomic E-state index is 12.1. The molecule has 0 atom stereocenters. The minimum Gasteiger partial charge on any atom is -0.368 e. The van der Waals surface area contributed by atoms with E-state index in [-0.39, 0.29) is 5.91 Å². The van der Waals surface area contributed by atoms with E-state index in [1.807, 2.05) is 24.3 Å². The monoisotopic (exact) mass is 247 g/mol. The van der Waals surface area contributed by atoms with Crippen molar-refractivity contribution in [3.63, 3.8) is 0 Å².